The third kappa shape index (κ3) is 4.10. The number of nitrogens with zero attached hydrogens (tertiary/aromatic N) is 1. The van der Waals surface area contributed by atoms with Gasteiger partial charge < -0.3 is 15.5 Å². The largest absolute Gasteiger partial charge is 0.362 e. The van der Waals surface area contributed by atoms with Crippen LogP contribution in [-0.2, 0) is 16.0 Å². The average molecular weight is 369 g/mol. The molecule has 2 N–H and O–H groups in total. The van der Waals surface area contributed by atoms with E-state index < -0.39 is 6.04 Å². The maximum absolute atomic E-state index is 14.2. The number of aryl methyl sites for hydroxylation is 1. The van der Waals surface area contributed by atoms with Crippen LogP contribution >= 0.6 is 0 Å². The molecule has 0 aromatic heterocycles. The molecule has 0 bridgehead atoms. The number of hydrogen-bond donors (Lipinski definition) is 2. The number of nitrogens with one attached hydrogen (secondary N) is 2. The van der Waals surface area contributed by atoms with Gasteiger partial charge in [-0.2, -0.15) is 0 Å². The summed E-state index contributed by atoms with van der Waals surface area (Å²) in [5, 5.41) is 5.40. The maximum Gasteiger partial charge on any atom is 0.246 e. The van der Waals surface area contributed by atoms with Crippen molar-refractivity contribution in [1.29, 1.82) is 0 Å². The maximum atomic E-state index is 14.2. The topological polar surface area (TPSA) is 61.4 Å². The zero-order chi connectivity index (χ0) is 19.4. The molecule has 142 valence electrons. The van der Waals surface area contributed by atoms with Gasteiger partial charge in [0.25, 0.3) is 0 Å². The van der Waals surface area contributed by atoms with E-state index in [0.29, 0.717) is 24.1 Å². The first kappa shape index (κ1) is 18.9. The number of carbonyl (C=O) groups is 2. The van der Waals surface area contributed by atoms with E-state index in [1.54, 1.807) is 18.2 Å². The molecule has 2 aromatic rings. The highest BCUT2D eigenvalue weighted by Gasteiger charge is 2.26. The van der Waals surface area contributed by atoms with Gasteiger partial charge in [0.05, 0.1) is 6.54 Å². The van der Waals surface area contributed by atoms with Crippen molar-refractivity contribution < 1.29 is 14.0 Å². The van der Waals surface area contributed by atoms with E-state index in [1.807, 2.05) is 30.0 Å². The van der Waals surface area contributed by atoms with Crippen molar-refractivity contribution in [2.24, 2.45) is 0 Å². The van der Waals surface area contributed by atoms with Crippen LogP contribution in [0.25, 0.3) is 0 Å². The van der Waals surface area contributed by atoms with E-state index in [1.165, 1.54) is 13.1 Å². The highest BCUT2D eigenvalue weighted by Crippen LogP contribution is 2.32. The lowest BCUT2D eigenvalue weighted by Crippen LogP contribution is -2.45. The fourth-order valence-corrected chi connectivity index (χ4v) is 3.59. The van der Waals surface area contributed by atoms with Crippen molar-refractivity contribution in [3.05, 3.63) is 65.0 Å². The van der Waals surface area contributed by atoms with E-state index in [4.69, 9.17) is 0 Å². The summed E-state index contributed by atoms with van der Waals surface area (Å²) in [6.07, 6.45) is 1.46. The molecule has 0 aliphatic carbocycles. The van der Waals surface area contributed by atoms with Crippen molar-refractivity contribution in [3.8, 4) is 0 Å². The van der Waals surface area contributed by atoms with Crippen LogP contribution in [0, 0.1) is 12.7 Å². The highest BCUT2D eigenvalue weighted by molar-refractivity contribution is 5.90. The number of anilines is 1. The molecule has 1 unspecified atom stereocenters. The van der Waals surface area contributed by atoms with Gasteiger partial charge in [-0.05, 0) is 37.0 Å². The number of halogens is 1. The summed E-state index contributed by atoms with van der Waals surface area (Å²) >= 11 is 0. The first-order valence-corrected chi connectivity index (χ1v) is 9.10. The van der Waals surface area contributed by atoms with Crippen LogP contribution in [-0.4, -0.2) is 32.0 Å². The molecule has 1 aliphatic heterocycles. The molecule has 0 radical (unpaired) electrons. The van der Waals surface area contributed by atoms with Crippen LogP contribution in [0.5, 0.6) is 0 Å². The minimum atomic E-state index is -0.762. The van der Waals surface area contributed by atoms with Gasteiger partial charge in [0.1, 0.15) is 11.9 Å². The van der Waals surface area contributed by atoms with Crippen molar-refractivity contribution in [2.45, 2.75) is 25.8 Å². The number of fused-ring (bicyclic) bond motifs is 1. The normalized spacial score (nSPS) is 14.3. The van der Waals surface area contributed by atoms with Crippen LogP contribution in [0.4, 0.5) is 10.1 Å². The van der Waals surface area contributed by atoms with E-state index in [-0.39, 0.29) is 24.2 Å². The zero-order valence-electron chi connectivity index (χ0n) is 15.6. The van der Waals surface area contributed by atoms with Gasteiger partial charge >= 0.3 is 0 Å². The predicted octanol–water partition coefficient (Wildman–Crippen LogP) is 2.49. The van der Waals surface area contributed by atoms with E-state index >= 15 is 0 Å². The Labute approximate surface area is 158 Å². The third-order valence-corrected chi connectivity index (χ3v) is 4.88. The van der Waals surface area contributed by atoms with Crippen molar-refractivity contribution in [3.63, 3.8) is 0 Å². The van der Waals surface area contributed by atoms with Gasteiger partial charge in [-0.15, -0.1) is 0 Å². The predicted molar refractivity (Wildman–Crippen MR) is 103 cm³/mol. The Morgan fingerprint density at radius 2 is 1.93 bits per heavy atom. The van der Waals surface area contributed by atoms with Gasteiger partial charge in [0.15, 0.2) is 0 Å². The molecule has 27 heavy (non-hydrogen) atoms. The fraction of sp³-hybridized carbons (Fsp3) is 0.333. The smallest absolute Gasteiger partial charge is 0.246 e. The van der Waals surface area contributed by atoms with E-state index in [0.717, 1.165) is 17.7 Å². The number of benzene rings is 2. The number of rotatable bonds is 5. The summed E-state index contributed by atoms with van der Waals surface area (Å²) in [5.41, 5.74) is 3.13. The number of amides is 2. The fourth-order valence-electron chi connectivity index (χ4n) is 3.59. The second-order valence-corrected chi connectivity index (χ2v) is 6.74. The molecule has 6 heteroatoms. The molecule has 3 rings (SSSR count). The third-order valence-electron chi connectivity index (χ3n) is 4.88. The second-order valence-electron chi connectivity index (χ2n) is 6.74. The van der Waals surface area contributed by atoms with Crippen molar-refractivity contribution >= 4 is 17.5 Å². The zero-order valence-corrected chi connectivity index (χ0v) is 15.6. The first-order chi connectivity index (χ1) is 13.0. The van der Waals surface area contributed by atoms with E-state index in [9.17, 15) is 14.0 Å². The van der Waals surface area contributed by atoms with Gasteiger partial charge in [-0.3, -0.25) is 9.59 Å². The Kier molecular flexibility index (Phi) is 5.74. The Balaban J connectivity index is 1.78. The lowest BCUT2D eigenvalue weighted by atomic mass is 9.97. The van der Waals surface area contributed by atoms with Crippen molar-refractivity contribution in [1.82, 2.24) is 10.6 Å². The molecule has 0 fully saturated rings. The van der Waals surface area contributed by atoms with Crippen LogP contribution in [0.1, 0.15) is 29.2 Å². The first-order valence-electron chi connectivity index (χ1n) is 9.10. The Bertz CT molecular complexity index is 839. The molecule has 2 aromatic carbocycles. The molecular formula is C21H24FN3O2. The average Bonchev–Trinajstić information content (AvgIpc) is 2.69. The molecule has 2 amide bonds. The number of carbonyl (C=O) groups excluding carboxylic acids is 2. The molecular weight excluding hydrogens is 345 g/mol. The van der Waals surface area contributed by atoms with Gasteiger partial charge in [0, 0.05) is 24.8 Å². The summed E-state index contributed by atoms with van der Waals surface area (Å²) < 4.78 is 14.2. The lowest BCUT2D eigenvalue weighted by Gasteiger charge is -2.33. The summed E-state index contributed by atoms with van der Waals surface area (Å²) in [6.45, 7) is 2.68. The van der Waals surface area contributed by atoms with Crippen LogP contribution in [0.15, 0.2) is 42.5 Å². The monoisotopic (exact) mass is 369 g/mol. The molecule has 1 aliphatic rings. The van der Waals surface area contributed by atoms with Crippen molar-refractivity contribution in [2.75, 3.05) is 25.0 Å². The SMILES string of the molecule is CNC(=O)C(NC(=O)CN1CCCc2c(F)ccc(C)c21)c1ccccc1. The summed E-state index contributed by atoms with van der Waals surface area (Å²) in [5.74, 6) is -0.784. The van der Waals surface area contributed by atoms with Crippen LogP contribution in [0.3, 0.4) is 0 Å². The Hall–Kier alpha value is -2.89. The summed E-state index contributed by atoms with van der Waals surface area (Å²) in [4.78, 5) is 26.8. The molecule has 1 heterocycles. The number of likely N-dealkylation sites (N-methyl/N-ethyl adjacent to an activating group) is 1. The molecule has 0 saturated heterocycles. The second kappa shape index (κ2) is 8.20. The van der Waals surface area contributed by atoms with Gasteiger partial charge in [-0.25, -0.2) is 4.39 Å². The summed E-state index contributed by atoms with van der Waals surface area (Å²) in [6, 6.07) is 11.6. The van der Waals surface area contributed by atoms with E-state index in [2.05, 4.69) is 10.6 Å². The number of hydrogen-bond acceptors (Lipinski definition) is 3. The Morgan fingerprint density at radius 1 is 1.19 bits per heavy atom. The van der Waals surface area contributed by atoms with Crippen LogP contribution in [0.2, 0.25) is 0 Å². The van der Waals surface area contributed by atoms with Gasteiger partial charge in [-0.1, -0.05) is 36.4 Å². The standard InChI is InChI=1S/C21H24FN3O2/c1-14-10-11-17(22)16-9-6-12-25(20(14)16)13-18(26)24-19(21(27)23-2)15-7-4-3-5-8-15/h3-5,7-8,10-11,19H,6,9,12-13H2,1-2H3,(H,23,27)(H,24,26). The molecule has 5 nitrogen and oxygen atoms in total. The molecule has 0 spiro atoms. The lowest BCUT2D eigenvalue weighted by molar-refractivity contribution is -0.128. The summed E-state index contributed by atoms with van der Waals surface area (Å²) in [7, 11) is 1.54. The van der Waals surface area contributed by atoms with Gasteiger partial charge in [0.2, 0.25) is 11.8 Å². The van der Waals surface area contributed by atoms with Crippen LogP contribution < -0.4 is 15.5 Å². The Morgan fingerprint density at radius 3 is 2.63 bits per heavy atom. The molecule has 0 saturated carbocycles. The minimum absolute atomic E-state index is 0.0810. The molecule has 1 atom stereocenters. The quantitative estimate of drug-likeness (QED) is 0.851. The highest BCUT2D eigenvalue weighted by atomic mass is 19.1. The minimum Gasteiger partial charge on any atom is -0.362 e.